The topological polar surface area (TPSA) is 109 Å². The van der Waals surface area contributed by atoms with Crippen LogP contribution in [-0.2, 0) is 0 Å². The van der Waals surface area contributed by atoms with Gasteiger partial charge in [-0.05, 0) is 49.6 Å². The maximum Gasteiger partial charge on any atom is 0.261 e. The number of fused-ring (bicyclic) bond motifs is 3. The molecule has 168 valence electrons. The van der Waals surface area contributed by atoms with E-state index < -0.39 is 0 Å². The summed E-state index contributed by atoms with van der Waals surface area (Å²) in [5.41, 5.74) is 4.72. The molecule has 4 heterocycles. The number of furan rings is 1. The Morgan fingerprint density at radius 1 is 1.06 bits per heavy atom. The van der Waals surface area contributed by atoms with Gasteiger partial charge in [-0.3, -0.25) is 9.89 Å². The number of carbonyl (C=O) groups excluding carboxylic acids is 1. The fourth-order valence-corrected chi connectivity index (χ4v) is 4.89. The summed E-state index contributed by atoms with van der Waals surface area (Å²) in [5.74, 6) is 0.407. The molecule has 0 aliphatic rings. The fraction of sp³-hybridized carbons (Fsp3) is 0.120. The standard InChI is InChI=1S/C25H20N6O2S/c1-13(2)27-24(32)21-10-14-3-4-15(11-20(14)34-21)22-23-19(7-8-33-23)29-25(30-22)28-17-5-6-18-16(9-17)12-26-31-18/h3-13H,1-2H3,(H,26,31)(H,27,32)(H,28,29,30). The Morgan fingerprint density at radius 3 is 2.85 bits per heavy atom. The number of nitrogens with one attached hydrogen (secondary N) is 3. The summed E-state index contributed by atoms with van der Waals surface area (Å²) in [4.78, 5) is 22.5. The minimum Gasteiger partial charge on any atom is -0.460 e. The number of hydrogen-bond acceptors (Lipinski definition) is 7. The van der Waals surface area contributed by atoms with Crippen molar-refractivity contribution in [1.29, 1.82) is 0 Å². The first-order valence-electron chi connectivity index (χ1n) is 10.8. The van der Waals surface area contributed by atoms with E-state index in [-0.39, 0.29) is 11.9 Å². The molecule has 0 saturated carbocycles. The average molecular weight is 469 g/mol. The van der Waals surface area contributed by atoms with Gasteiger partial charge < -0.3 is 15.1 Å². The fourth-order valence-electron chi connectivity index (χ4n) is 3.89. The molecule has 0 radical (unpaired) electrons. The second kappa shape index (κ2) is 7.96. The highest BCUT2D eigenvalue weighted by Crippen LogP contribution is 2.34. The van der Waals surface area contributed by atoms with Gasteiger partial charge in [-0.1, -0.05) is 12.1 Å². The molecule has 0 atom stereocenters. The molecule has 0 spiro atoms. The maximum atomic E-state index is 12.5. The summed E-state index contributed by atoms with van der Waals surface area (Å²) < 4.78 is 6.73. The molecule has 0 aliphatic heterocycles. The van der Waals surface area contributed by atoms with E-state index in [1.54, 1.807) is 12.5 Å². The summed E-state index contributed by atoms with van der Waals surface area (Å²) >= 11 is 1.46. The number of thiophene rings is 1. The van der Waals surface area contributed by atoms with Gasteiger partial charge in [0, 0.05) is 33.4 Å². The van der Waals surface area contributed by atoms with Crippen LogP contribution in [0.5, 0.6) is 0 Å². The Hall–Kier alpha value is -4.24. The molecule has 3 N–H and O–H groups in total. The quantitative estimate of drug-likeness (QED) is 0.292. The lowest BCUT2D eigenvalue weighted by atomic mass is 10.1. The number of rotatable bonds is 5. The van der Waals surface area contributed by atoms with E-state index in [4.69, 9.17) is 9.40 Å². The van der Waals surface area contributed by atoms with Gasteiger partial charge in [0.25, 0.3) is 5.91 Å². The van der Waals surface area contributed by atoms with Crippen molar-refractivity contribution in [2.24, 2.45) is 0 Å². The minimum atomic E-state index is -0.0608. The van der Waals surface area contributed by atoms with Crippen LogP contribution in [0.15, 0.2) is 65.4 Å². The molecular formula is C25H20N6O2S. The third kappa shape index (κ3) is 3.65. The highest BCUT2D eigenvalue weighted by atomic mass is 32.1. The van der Waals surface area contributed by atoms with Crippen molar-refractivity contribution in [3.8, 4) is 11.3 Å². The zero-order chi connectivity index (χ0) is 23.2. The van der Waals surface area contributed by atoms with E-state index in [0.717, 1.165) is 32.2 Å². The Labute approximate surface area is 198 Å². The number of carbonyl (C=O) groups is 1. The second-order valence-corrected chi connectivity index (χ2v) is 9.40. The predicted octanol–water partition coefficient (Wildman–Crippen LogP) is 5.86. The summed E-state index contributed by atoms with van der Waals surface area (Å²) in [6.45, 7) is 3.90. The normalized spacial score (nSPS) is 11.6. The molecule has 8 nitrogen and oxygen atoms in total. The molecule has 0 fully saturated rings. The molecule has 0 aliphatic carbocycles. The van der Waals surface area contributed by atoms with E-state index in [1.807, 2.05) is 62.4 Å². The van der Waals surface area contributed by atoms with Gasteiger partial charge in [-0.15, -0.1) is 11.3 Å². The first-order chi connectivity index (χ1) is 16.5. The molecule has 0 bridgehead atoms. The van der Waals surface area contributed by atoms with Crippen LogP contribution in [0.2, 0.25) is 0 Å². The zero-order valence-corrected chi connectivity index (χ0v) is 19.2. The van der Waals surface area contributed by atoms with Crippen molar-refractivity contribution in [1.82, 2.24) is 25.5 Å². The van der Waals surface area contributed by atoms with Crippen molar-refractivity contribution in [3.05, 3.63) is 65.9 Å². The minimum absolute atomic E-state index is 0.0608. The van der Waals surface area contributed by atoms with E-state index in [0.29, 0.717) is 27.6 Å². The van der Waals surface area contributed by atoms with E-state index >= 15 is 0 Å². The van der Waals surface area contributed by atoms with Crippen LogP contribution in [0.25, 0.3) is 43.3 Å². The van der Waals surface area contributed by atoms with Crippen LogP contribution in [0.1, 0.15) is 23.5 Å². The second-order valence-electron chi connectivity index (χ2n) is 8.32. The Kier molecular flexibility index (Phi) is 4.77. The van der Waals surface area contributed by atoms with Crippen LogP contribution in [-0.4, -0.2) is 32.1 Å². The number of hydrogen-bond donors (Lipinski definition) is 3. The van der Waals surface area contributed by atoms with Crippen molar-refractivity contribution in [3.63, 3.8) is 0 Å². The molecular weight excluding hydrogens is 448 g/mol. The highest BCUT2D eigenvalue weighted by Gasteiger charge is 2.16. The molecule has 34 heavy (non-hydrogen) atoms. The van der Waals surface area contributed by atoms with Crippen LogP contribution in [0.4, 0.5) is 11.6 Å². The summed E-state index contributed by atoms with van der Waals surface area (Å²) in [6.07, 6.45) is 3.39. The van der Waals surface area contributed by atoms with Gasteiger partial charge in [-0.2, -0.15) is 5.10 Å². The van der Waals surface area contributed by atoms with Gasteiger partial charge in [0.05, 0.1) is 22.9 Å². The summed E-state index contributed by atoms with van der Waals surface area (Å²) in [5, 5.41) is 15.3. The largest absolute Gasteiger partial charge is 0.460 e. The van der Waals surface area contributed by atoms with E-state index in [2.05, 4.69) is 25.8 Å². The molecule has 9 heteroatoms. The molecule has 4 aromatic heterocycles. The van der Waals surface area contributed by atoms with Gasteiger partial charge in [0.1, 0.15) is 11.2 Å². The number of H-pyrrole nitrogens is 1. The maximum absolute atomic E-state index is 12.5. The van der Waals surface area contributed by atoms with E-state index in [1.165, 1.54) is 11.3 Å². The Morgan fingerprint density at radius 2 is 1.97 bits per heavy atom. The van der Waals surface area contributed by atoms with Crippen LogP contribution < -0.4 is 10.6 Å². The number of nitrogens with zero attached hydrogens (tertiary/aromatic N) is 3. The SMILES string of the molecule is CC(C)NC(=O)c1cc2ccc(-c3nc(Nc4ccc5[nH]ncc5c4)nc4ccoc34)cc2s1. The number of anilines is 2. The Balaban J connectivity index is 1.39. The highest BCUT2D eigenvalue weighted by molar-refractivity contribution is 7.20. The third-order valence-corrected chi connectivity index (χ3v) is 6.53. The predicted molar refractivity (Wildman–Crippen MR) is 135 cm³/mol. The number of aromatic amines is 1. The molecule has 6 rings (SSSR count). The zero-order valence-electron chi connectivity index (χ0n) is 18.4. The van der Waals surface area contributed by atoms with Gasteiger partial charge in [0.15, 0.2) is 5.58 Å². The lowest BCUT2D eigenvalue weighted by Gasteiger charge is -2.08. The van der Waals surface area contributed by atoms with Crippen molar-refractivity contribution in [2.75, 3.05) is 5.32 Å². The van der Waals surface area contributed by atoms with Crippen LogP contribution in [0.3, 0.4) is 0 Å². The van der Waals surface area contributed by atoms with Crippen molar-refractivity contribution in [2.45, 2.75) is 19.9 Å². The molecule has 6 aromatic rings. The molecule has 2 aromatic carbocycles. The van der Waals surface area contributed by atoms with Gasteiger partial charge in [0.2, 0.25) is 5.95 Å². The van der Waals surface area contributed by atoms with Crippen molar-refractivity contribution < 1.29 is 9.21 Å². The molecule has 0 saturated heterocycles. The number of amides is 1. The molecule has 1 amide bonds. The lowest BCUT2D eigenvalue weighted by Crippen LogP contribution is -2.29. The first kappa shape index (κ1) is 20.4. The van der Waals surface area contributed by atoms with Gasteiger partial charge >= 0.3 is 0 Å². The number of benzene rings is 2. The van der Waals surface area contributed by atoms with Crippen molar-refractivity contribution >= 4 is 61.0 Å². The number of aromatic nitrogens is 4. The Bertz CT molecular complexity index is 1680. The molecule has 0 unspecified atom stereocenters. The van der Waals surface area contributed by atoms with Crippen LogP contribution >= 0.6 is 11.3 Å². The smallest absolute Gasteiger partial charge is 0.261 e. The summed E-state index contributed by atoms with van der Waals surface area (Å²) in [6, 6.07) is 15.8. The van der Waals surface area contributed by atoms with Crippen LogP contribution in [0, 0.1) is 0 Å². The third-order valence-electron chi connectivity index (χ3n) is 5.44. The lowest BCUT2D eigenvalue weighted by molar-refractivity contribution is 0.0947. The van der Waals surface area contributed by atoms with Gasteiger partial charge in [-0.25, -0.2) is 9.97 Å². The monoisotopic (exact) mass is 468 g/mol. The average Bonchev–Trinajstić information content (AvgIpc) is 3.56. The first-order valence-corrected chi connectivity index (χ1v) is 11.7. The van der Waals surface area contributed by atoms with E-state index in [9.17, 15) is 4.79 Å². The summed E-state index contributed by atoms with van der Waals surface area (Å²) in [7, 11) is 0.